The zero-order chi connectivity index (χ0) is 17.4. The summed E-state index contributed by atoms with van der Waals surface area (Å²) in [5.74, 6) is 0.0549. The Balaban J connectivity index is 0.00000312. The van der Waals surface area contributed by atoms with Crippen LogP contribution in [0.1, 0.15) is 10.4 Å². The van der Waals surface area contributed by atoms with E-state index >= 15 is 0 Å². The minimum atomic E-state index is -4.44. The van der Waals surface area contributed by atoms with Gasteiger partial charge in [-0.25, -0.2) is 0 Å². The maximum absolute atomic E-state index is 12.8. The van der Waals surface area contributed by atoms with E-state index in [1.165, 1.54) is 23.1 Å². The molecule has 4 nitrogen and oxygen atoms in total. The minimum absolute atomic E-state index is 0. The van der Waals surface area contributed by atoms with E-state index in [1.807, 2.05) is 17.5 Å². The zero-order valence-electron chi connectivity index (χ0n) is 13.3. The van der Waals surface area contributed by atoms with Crippen LogP contribution in [0.15, 0.2) is 46.8 Å². The quantitative estimate of drug-likeness (QED) is 0.271. The van der Waals surface area contributed by atoms with Gasteiger partial charge in [-0.15, -0.1) is 35.3 Å². The molecule has 9 heteroatoms. The first kappa shape index (κ1) is 21.6. The van der Waals surface area contributed by atoms with Crippen molar-refractivity contribution in [1.82, 2.24) is 5.32 Å². The van der Waals surface area contributed by atoms with Crippen molar-refractivity contribution in [2.75, 3.05) is 19.7 Å². The Labute approximate surface area is 165 Å². The molecule has 1 aromatic heterocycles. The minimum Gasteiger partial charge on any atom is -0.491 e. The fraction of sp³-hybridized carbons (Fsp3) is 0.312. The number of thiophene rings is 1. The first-order chi connectivity index (χ1) is 11.5. The highest BCUT2D eigenvalue weighted by Crippen LogP contribution is 2.35. The molecular weight excluding hydrogens is 466 g/mol. The van der Waals surface area contributed by atoms with Crippen LogP contribution >= 0.6 is 35.3 Å². The molecule has 2 aromatic rings. The Morgan fingerprint density at radius 1 is 1.20 bits per heavy atom. The van der Waals surface area contributed by atoms with E-state index in [1.54, 1.807) is 11.3 Å². The molecule has 0 amide bonds. The SMILES string of the molecule is I.NC(=NCCc1cccs1)NCCOc1ccccc1C(F)(F)F. The standard InChI is InChI=1S/C16H18F3N3OS.HI/c17-16(18,19)13-5-1-2-6-14(13)23-10-9-22-15(20)21-8-7-12-4-3-11-24-12;/h1-6,11H,7-10H2,(H3,20,21,22);1H. The zero-order valence-corrected chi connectivity index (χ0v) is 16.4. The predicted octanol–water partition coefficient (Wildman–Crippen LogP) is 3.91. The Morgan fingerprint density at radius 2 is 1.96 bits per heavy atom. The third-order valence-electron chi connectivity index (χ3n) is 3.08. The number of nitrogens with zero attached hydrogens (tertiary/aromatic N) is 1. The number of nitrogens with one attached hydrogen (secondary N) is 1. The van der Waals surface area contributed by atoms with Gasteiger partial charge in [-0.1, -0.05) is 18.2 Å². The molecule has 0 aliphatic carbocycles. The maximum Gasteiger partial charge on any atom is 0.419 e. The molecule has 0 bridgehead atoms. The van der Waals surface area contributed by atoms with Gasteiger partial charge < -0.3 is 15.8 Å². The molecule has 1 aromatic carbocycles. The van der Waals surface area contributed by atoms with E-state index in [-0.39, 0.29) is 48.8 Å². The highest BCUT2D eigenvalue weighted by molar-refractivity contribution is 14.0. The summed E-state index contributed by atoms with van der Waals surface area (Å²) in [7, 11) is 0. The van der Waals surface area contributed by atoms with E-state index in [4.69, 9.17) is 10.5 Å². The van der Waals surface area contributed by atoms with Crippen molar-refractivity contribution in [3.63, 3.8) is 0 Å². The lowest BCUT2D eigenvalue weighted by molar-refractivity contribution is -0.138. The first-order valence-corrected chi connectivity index (χ1v) is 8.20. The lowest BCUT2D eigenvalue weighted by Gasteiger charge is -2.14. The van der Waals surface area contributed by atoms with Gasteiger partial charge in [0.15, 0.2) is 5.96 Å². The predicted molar refractivity (Wildman–Crippen MR) is 105 cm³/mol. The van der Waals surface area contributed by atoms with Crippen LogP contribution in [0.5, 0.6) is 5.75 Å². The Bertz CT molecular complexity index is 663. The first-order valence-electron chi connectivity index (χ1n) is 7.32. The maximum atomic E-state index is 12.8. The summed E-state index contributed by atoms with van der Waals surface area (Å²) in [4.78, 5) is 5.38. The molecule has 0 fully saturated rings. The van der Waals surface area contributed by atoms with E-state index in [0.29, 0.717) is 6.54 Å². The molecule has 138 valence electrons. The molecular formula is C16H19F3IN3OS. The van der Waals surface area contributed by atoms with Gasteiger partial charge in [0.2, 0.25) is 0 Å². The van der Waals surface area contributed by atoms with Crippen molar-refractivity contribution in [2.45, 2.75) is 12.6 Å². The largest absolute Gasteiger partial charge is 0.491 e. The van der Waals surface area contributed by atoms with Crippen molar-refractivity contribution in [1.29, 1.82) is 0 Å². The summed E-state index contributed by atoms with van der Waals surface area (Å²) in [5.41, 5.74) is 4.91. The van der Waals surface area contributed by atoms with Crippen LogP contribution in [0.25, 0.3) is 0 Å². The number of rotatable bonds is 7. The number of hydrogen-bond donors (Lipinski definition) is 2. The second-order valence-electron chi connectivity index (χ2n) is 4.87. The highest BCUT2D eigenvalue weighted by Gasteiger charge is 2.33. The molecule has 0 saturated heterocycles. The smallest absolute Gasteiger partial charge is 0.419 e. The Morgan fingerprint density at radius 3 is 2.64 bits per heavy atom. The van der Waals surface area contributed by atoms with Crippen molar-refractivity contribution < 1.29 is 17.9 Å². The van der Waals surface area contributed by atoms with E-state index in [0.717, 1.165) is 12.5 Å². The van der Waals surface area contributed by atoms with Crippen LogP contribution in [0.4, 0.5) is 13.2 Å². The molecule has 3 N–H and O–H groups in total. The molecule has 0 unspecified atom stereocenters. The molecule has 0 aliphatic heterocycles. The Hall–Kier alpha value is -1.49. The monoisotopic (exact) mass is 485 g/mol. The molecule has 1 heterocycles. The number of ether oxygens (including phenoxy) is 1. The van der Waals surface area contributed by atoms with Crippen molar-refractivity contribution >= 4 is 41.3 Å². The number of nitrogens with two attached hydrogens (primary N) is 1. The van der Waals surface area contributed by atoms with Gasteiger partial charge in [-0.2, -0.15) is 13.2 Å². The lowest BCUT2D eigenvalue weighted by Crippen LogP contribution is -2.35. The molecule has 0 atom stereocenters. The van der Waals surface area contributed by atoms with Gasteiger partial charge in [-0.3, -0.25) is 4.99 Å². The number of hydrogen-bond acceptors (Lipinski definition) is 3. The van der Waals surface area contributed by atoms with E-state index in [2.05, 4.69) is 10.3 Å². The molecule has 0 saturated carbocycles. The third kappa shape index (κ3) is 7.51. The number of benzene rings is 1. The van der Waals surface area contributed by atoms with Gasteiger partial charge in [0.25, 0.3) is 0 Å². The number of halogens is 4. The molecule has 0 spiro atoms. The summed E-state index contributed by atoms with van der Waals surface area (Å²) >= 11 is 1.65. The van der Waals surface area contributed by atoms with Gasteiger partial charge in [0.05, 0.1) is 12.1 Å². The molecule has 2 rings (SSSR count). The second-order valence-corrected chi connectivity index (χ2v) is 5.90. The van der Waals surface area contributed by atoms with Gasteiger partial charge in [-0.05, 0) is 23.6 Å². The van der Waals surface area contributed by atoms with Gasteiger partial charge in [0, 0.05) is 17.8 Å². The number of para-hydroxylation sites is 1. The third-order valence-corrected chi connectivity index (χ3v) is 4.01. The topological polar surface area (TPSA) is 59.6 Å². The molecule has 0 radical (unpaired) electrons. The average molecular weight is 485 g/mol. The van der Waals surface area contributed by atoms with Crippen LogP contribution in [-0.2, 0) is 12.6 Å². The van der Waals surface area contributed by atoms with E-state index < -0.39 is 11.7 Å². The summed E-state index contributed by atoms with van der Waals surface area (Å²) in [6.07, 6.45) is -3.64. The van der Waals surface area contributed by atoms with Gasteiger partial charge >= 0.3 is 6.18 Å². The van der Waals surface area contributed by atoms with Crippen LogP contribution in [0.3, 0.4) is 0 Å². The van der Waals surface area contributed by atoms with Crippen molar-refractivity contribution in [2.24, 2.45) is 10.7 Å². The highest BCUT2D eigenvalue weighted by atomic mass is 127. The summed E-state index contributed by atoms with van der Waals surface area (Å²) in [6, 6.07) is 9.10. The lowest BCUT2D eigenvalue weighted by atomic mass is 10.2. The summed E-state index contributed by atoms with van der Waals surface area (Å²) < 4.78 is 43.6. The van der Waals surface area contributed by atoms with Crippen LogP contribution in [-0.4, -0.2) is 25.7 Å². The number of alkyl halides is 3. The average Bonchev–Trinajstić information content (AvgIpc) is 3.04. The fourth-order valence-electron chi connectivity index (χ4n) is 1.96. The van der Waals surface area contributed by atoms with Crippen LogP contribution in [0, 0.1) is 0 Å². The second kappa shape index (κ2) is 10.5. The fourth-order valence-corrected chi connectivity index (χ4v) is 2.66. The number of guanidine groups is 1. The Kier molecular flexibility index (Phi) is 9.04. The van der Waals surface area contributed by atoms with Crippen LogP contribution in [0.2, 0.25) is 0 Å². The summed E-state index contributed by atoms with van der Waals surface area (Å²) in [5, 5.41) is 4.81. The molecule has 25 heavy (non-hydrogen) atoms. The van der Waals surface area contributed by atoms with Crippen molar-refractivity contribution in [3.05, 3.63) is 52.2 Å². The molecule has 0 aliphatic rings. The number of aliphatic imine (C=N–C) groups is 1. The normalized spacial score (nSPS) is 11.7. The van der Waals surface area contributed by atoms with E-state index in [9.17, 15) is 13.2 Å². The van der Waals surface area contributed by atoms with Crippen molar-refractivity contribution in [3.8, 4) is 5.75 Å². The van der Waals surface area contributed by atoms with Crippen LogP contribution < -0.4 is 15.8 Å². The summed E-state index contributed by atoms with van der Waals surface area (Å²) in [6.45, 7) is 0.867. The van der Waals surface area contributed by atoms with Gasteiger partial charge in [0.1, 0.15) is 12.4 Å².